The largest absolute Gasteiger partial charge is 0.369 e. The zero-order chi connectivity index (χ0) is 14.5. The molecule has 0 spiro atoms. The van der Waals surface area contributed by atoms with Gasteiger partial charge in [-0.2, -0.15) is 0 Å². The van der Waals surface area contributed by atoms with Crippen molar-refractivity contribution in [3.63, 3.8) is 0 Å². The predicted octanol–water partition coefficient (Wildman–Crippen LogP) is 3.22. The van der Waals surface area contributed by atoms with Gasteiger partial charge in [0.2, 0.25) is 0 Å². The van der Waals surface area contributed by atoms with Crippen LogP contribution >= 0.6 is 0 Å². The SMILES string of the molecule is CC1CNCC(Cc2ccccc2)(Cc2ccccc2)O1. The second-order valence-electron chi connectivity index (χ2n) is 6.07. The second kappa shape index (κ2) is 6.42. The highest BCUT2D eigenvalue weighted by Gasteiger charge is 2.36. The van der Waals surface area contributed by atoms with Crippen molar-refractivity contribution in [3.8, 4) is 0 Å². The molecule has 21 heavy (non-hydrogen) atoms. The van der Waals surface area contributed by atoms with E-state index in [0.717, 1.165) is 25.9 Å². The van der Waals surface area contributed by atoms with Crippen molar-refractivity contribution in [2.75, 3.05) is 13.1 Å². The van der Waals surface area contributed by atoms with Gasteiger partial charge in [-0.1, -0.05) is 60.7 Å². The van der Waals surface area contributed by atoms with Crippen LogP contribution in [0.2, 0.25) is 0 Å². The lowest BCUT2D eigenvalue weighted by molar-refractivity contribution is -0.108. The van der Waals surface area contributed by atoms with Gasteiger partial charge in [0.15, 0.2) is 0 Å². The normalized spacial score (nSPS) is 21.1. The summed E-state index contributed by atoms with van der Waals surface area (Å²) in [6.07, 6.45) is 2.14. The smallest absolute Gasteiger partial charge is 0.0890 e. The molecule has 1 aliphatic heterocycles. The molecule has 1 heterocycles. The maximum absolute atomic E-state index is 6.42. The third kappa shape index (κ3) is 3.72. The molecule has 1 atom stereocenters. The summed E-state index contributed by atoms with van der Waals surface area (Å²) in [5, 5.41) is 3.54. The number of rotatable bonds is 4. The molecule has 0 bridgehead atoms. The first-order chi connectivity index (χ1) is 10.3. The van der Waals surface area contributed by atoms with Crippen LogP contribution in [0.3, 0.4) is 0 Å². The van der Waals surface area contributed by atoms with Crippen LogP contribution in [0.1, 0.15) is 18.1 Å². The Hall–Kier alpha value is -1.64. The Morgan fingerprint density at radius 3 is 1.95 bits per heavy atom. The first-order valence-electron chi connectivity index (χ1n) is 7.72. The van der Waals surface area contributed by atoms with Crippen molar-refractivity contribution in [1.82, 2.24) is 5.32 Å². The molecule has 1 saturated heterocycles. The van der Waals surface area contributed by atoms with E-state index in [4.69, 9.17) is 4.74 Å². The van der Waals surface area contributed by atoms with E-state index in [0.29, 0.717) is 0 Å². The highest BCUT2D eigenvalue weighted by Crippen LogP contribution is 2.26. The summed E-state index contributed by atoms with van der Waals surface area (Å²) in [4.78, 5) is 0. The van der Waals surface area contributed by atoms with Crippen molar-refractivity contribution in [2.45, 2.75) is 31.5 Å². The maximum atomic E-state index is 6.42. The molecule has 2 aromatic carbocycles. The fourth-order valence-corrected chi connectivity index (χ4v) is 3.22. The van der Waals surface area contributed by atoms with Crippen molar-refractivity contribution in [2.24, 2.45) is 0 Å². The van der Waals surface area contributed by atoms with E-state index in [1.807, 2.05) is 0 Å². The standard InChI is InChI=1S/C19H23NO/c1-16-14-20-15-19(21-16,12-17-8-4-2-5-9-17)13-18-10-6-3-7-11-18/h2-11,16,20H,12-15H2,1H3. The van der Waals surface area contributed by atoms with E-state index in [1.165, 1.54) is 11.1 Å². The van der Waals surface area contributed by atoms with Gasteiger partial charge in [-0.05, 0) is 18.1 Å². The van der Waals surface area contributed by atoms with Gasteiger partial charge in [-0.25, -0.2) is 0 Å². The minimum Gasteiger partial charge on any atom is -0.369 e. The Labute approximate surface area is 127 Å². The first kappa shape index (κ1) is 14.3. The minimum absolute atomic E-state index is 0.152. The van der Waals surface area contributed by atoms with Gasteiger partial charge < -0.3 is 10.1 Å². The van der Waals surface area contributed by atoms with E-state index in [-0.39, 0.29) is 11.7 Å². The van der Waals surface area contributed by atoms with Crippen LogP contribution in [-0.4, -0.2) is 24.8 Å². The maximum Gasteiger partial charge on any atom is 0.0890 e. The topological polar surface area (TPSA) is 21.3 Å². The molecule has 1 fully saturated rings. The Morgan fingerprint density at radius 1 is 0.952 bits per heavy atom. The molecule has 2 nitrogen and oxygen atoms in total. The highest BCUT2D eigenvalue weighted by atomic mass is 16.5. The number of hydrogen-bond acceptors (Lipinski definition) is 2. The fraction of sp³-hybridized carbons (Fsp3) is 0.368. The van der Waals surface area contributed by atoms with Crippen LogP contribution in [0.5, 0.6) is 0 Å². The third-order valence-electron chi connectivity index (χ3n) is 4.07. The molecule has 0 aromatic heterocycles. The van der Waals surface area contributed by atoms with Crippen LogP contribution in [0, 0.1) is 0 Å². The summed E-state index contributed by atoms with van der Waals surface area (Å²) >= 11 is 0. The third-order valence-corrected chi connectivity index (χ3v) is 4.07. The summed E-state index contributed by atoms with van der Waals surface area (Å²) < 4.78 is 6.42. The van der Waals surface area contributed by atoms with Gasteiger partial charge in [0.25, 0.3) is 0 Å². The molecule has 0 saturated carbocycles. The Morgan fingerprint density at radius 2 is 1.48 bits per heavy atom. The average Bonchev–Trinajstić information content (AvgIpc) is 2.49. The number of morpholine rings is 1. The number of ether oxygens (including phenoxy) is 1. The Bertz CT molecular complexity index is 511. The quantitative estimate of drug-likeness (QED) is 0.929. The molecule has 2 aromatic rings. The van der Waals surface area contributed by atoms with Crippen molar-refractivity contribution >= 4 is 0 Å². The molecule has 1 unspecified atom stereocenters. The summed E-state index contributed by atoms with van der Waals surface area (Å²) in [5.41, 5.74) is 2.52. The number of nitrogens with one attached hydrogen (secondary N) is 1. The van der Waals surface area contributed by atoms with E-state index >= 15 is 0 Å². The predicted molar refractivity (Wildman–Crippen MR) is 86.4 cm³/mol. The van der Waals surface area contributed by atoms with Crippen LogP contribution in [0.15, 0.2) is 60.7 Å². The summed E-state index contributed by atoms with van der Waals surface area (Å²) in [6, 6.07) is 21.3. The lowest BCUT2D eigenvalue weighted by atomic mass is 9.86. The first-order valence-corrected chi connectivity index (χ1v) is 7.72. The van der Waals surface area contributed by atoms with Crippen molar-refractivity contribution < 1.29 is 4.74 Å². The van der Waals surface area contributed by atoms with Gasteiger partial charge in [0.1, 0.15) is 0 Å². The molecule has 3 rings (SSSR count). The minimum atomic E-state index is -0.152. The fourth-order valence-electron chi connectivity index (χ4n) is 3.22. The monoisotopic (exact) mass is 281 g/mol. The molecule has 1 N–H and O–H groups in total. The zero-order valence-electron chi connectivity index (χ0n) is 12.6. The van der Waals surface area contributed by atoms with Gasteiger partial charge in [0.05, 0.1) is 11.7 Å². The molecule has 1 aliphatic rings. The molecular formula is C19H23NO. The lowest BCUT2D eigenvalue weighted by Crippen LogP contribution is -2.55. The van der Waals surface area contributed by atoms with Gasteiger partial charge >= 0.3 is 0 Å². The van der Waals surface area contributed by atoms with Crippen molar-refractivity contribution in [1.29, 1.82) is 0 Å². The lowest BCUT2D eigenvalue weighted by Gasteiger charge is -2.41. The zero-order valence-corrected chi connectivity index (χ0v) is 12.6. The molecular weight excluding hydrogens is 258 g/mol. The molecule has 0 radical (unpaired) electrons. The van der Waals surface area contributed by atoms with E-state index in [2.05, 4.69) is 72.9 Å². The van der Waals surface area contributed by atoms with Gasteiger partial charge in [0, 0.05) is 25.9 Å². The molecule has 110 valence electrons. The van der Waals surface area contributed by atoms with Crippen molar-refractivity contribution in [3.05, 3.63) is 71.8 Å². The molecule has 2 heteroatoms. The highest BCUT2D eigenvalue weighted by molar-refractivity contribution is 5.22. The molecule has 0 aliphatic carbocycles. The average molecular weight is 281 g/mol. The molecule has 0 amide bonds. The Balaban J connectivity index is 1.84. The van der Waals surface area contributed by atoms with E-state index in [9.17, 15) is 0 Å². The number of benzene rings is 2. The summed E-state index contributed by atoms with van der Waals surface area (Å²) in [6.45, 7) is 3.99. The van der Waals surface area contributed by atoms with Crippen LogP contribution in [0.4, 0.5) is 0 Å². The Kier molecular flexibility index (Phi) is 4.37. The van der Waals surface area contributed by atoms with Crippen LogP contribution in [0.25, 0.3) is 0 Å². The van der Waals surface area contributed by atoms with Gasteiger partial charge in [-0.3, -0.25) is 0 Å². The summed E-state index contributed by atoms with van der Waals surface area (Å²) in [7, 11) is 0. The summed E-state index contributed by atoms with van der Waals surface area (Å²) in [5.74, 6) is 0. The van der Waals surface area contributed by atoms with Gasteiger partial charge in [-0.15, -0.1) is 0 Å². The second-order valence-corrected chi connectivity index (χ2v) is 6.07. The van der Waals surface area contributed by atoms with E-state index in [1.54, 1.807) is 0 Å². The van der Waals surface area contributed by atoms with Crippen LogP contribution < -0.4 is 5.32 Å². The van der Waals surface area contributed by atoms with E-state index < -0.39 is 0 Å². The van der Waals surface area contributed by atoms with Crippen LogP contribution in [-0.2, 0) is 17.6 Å². The number of hydrogen-bond donors (Lipinski definition) is 1.